The van der Waals surface area contributed by atoms with Crippen molar-refractivity contribution in [3.8, 4) is 0 Å². The molecule has 0 bridgehead atoms. The third-order valence-corrected chi connectivity index (χ3v) is 4.29. The number of nitrogens with one attached hydrogen (secondary N) is 2. The molecule has 0 unspecified atom stereocenters. The van der Waals surface area contributed by atoms with Crippen LogP contribution in [0.5, 0.6) is 0 Å². The van der Waals surface area contributed by atoms with Gasteiger partial charge in [-0.2, -0.15) is 5.10 Å². The lowest BCUT2D eigenvalue weighted by Gasteiger charge is -2.35. The second kappa shape index (κ2) is 7.87. The van der Waals surface area contributed by atoms with Gasteiger partial charge in [0.2, 0.25) is 0 Å². The molecule has 0 radical (unpaired) electrons. The highest BCUT2D eigenvalue weighted by Crippen LogP contribution is 2.16. The maximum atomic E-state index is 12.5. The zero-order chi connectivity index (χ0) is 16.8. The standard InChI is InChI=1S/C16H23N7O/c1-2-14(13-4-3-5-17-10-13)20-16(24)23-8-6-22(7-9-23)11-15-18-12-19-21-15/h3-5,10,12,14H,2,6-9,11H2,1H3,(H,20,24)(H,18,19,21)/t14-/m0/s1. The first-order valence-electron chi connectivity index (χ1n) is 8.28. The van der Waals surface area contributed by atoms with Crippen molar-refractivity contribution < 1.29 is 4.79 Å². The Bertz CT molecular complexity index is 623. The molecule has 8 nitrogen and oxygen atoms in total. The van der Waals surface area contributed by atoms with Crippen molar-refractivity contribution in [1.82, 2.24) is 35.3 Å². The number of aromatic amines is 1. The molecule has 2 amide bonds. The molecule has 1 aliphatic rings. The summed E-state index contributed by atoms with van der Waals surface area (Å²) in [6, 6.07) is 3.88. The van der Waals surface area contributed by atoms with E-state index in [1.54, 1.807) is 6.20 Å². The Morgan fingerprint density at radius 2 is 2.21 bits per heavy atom. The van der Waals surface area contributed by atoms with Gasteiger partial charge in [0.1, 0.15) is 12.2 Å². The molecule has 1 atom stereocenters. The number of urea groups is 1. The number of aromatic nitrogens is 4. The monoisotopic (exact) mass is 329 g/mol. The Hall–Kier alpha value is -2.48. The fraction of sp³-hybridized carbons (Fsp3) is 0.500. The molecule has 1 fully saturated rings. The lowest BCUT2D eigenvalue weighted by Crippen LogP contribution is -2.52. The Morgan fingerprint density at radius 3 is 2.83 bits per heavy atom. The molecule has 0 spiro atoms. The van der Waals surface area contributed by atoms with Gasteiger partial charge >= 0.3 is 6.03 Å². The summed E-state index contributed by atoms with van der Waals surface area (Å²) in [7, 11) is 0. The van der Waals surface area contributed by atoms with Crippen LogP contribution in [-0.2, 0) is 6.54 Å². The van der Waals surface area contributed by atoms with Gasteiger partial charge in [-0.05, 0) is 18.1 Å². The quantitative estimate of drug-likeness (QED) is 0.860. The van der Waals surface area contributed by atoms with Crippen molar-refractivity contribution in [2.45, 2.75) is 25.9 Å². The van der Waals surface area contributed by atoms with Crippen LogP contribution in [-0.4, -0.2) is 62.2 Å². The normalized spacial score (nSPS) is 16.8. The molecule has 1 saturated heterocycles. The second-order valence-corrected chi connectivity index (χ2v) is 5.89. The molecule has 2 N–H and O–H groups in total. The number of hydrogen-bond acceptors (Lipinski definition) is 5. The fourth-order valence-electron chi connectivity index (χ4n) is 2.87. The van der Waals surface area contributed by atoms with Crippen LogP contribution in [0, 0.1) is 0 Å². The third kappa shape index (κ3) is 4.08. The lowest BCUT2D eigenvalue weighted by atomic mass is 10.1. The minimum absolute atomic E-state index is 0.00146. The van der Waals surface area contributed by atoms with Gasteiger partial charge in [0, 0.05) is 38.6 Å². The van der Waals surface area contributed by atoms with Gasteiger partial charge in [-0.1, -0.05) is 13.0 Å². The van der Waals surface area contributed by atoms with E-state index in [4.69, 9.17) is 0 Å². The summed E-state index contributed by atoms with van der Waals surface area (Å²) in [5.41, 5.74) is 1.04. The van der Waals surface area contributed by atoms with Crippen molar-refractivity contribution in [2.75, 3.05) is 26.2 Å². The summed E-state index contributed by atoms with van der Waals surface area (Å²) in [6.07, 6.45) is 5.90. The second-order valence-electron chi connectivity index (χ2n) is 5.89. The number of nitrogens with zero attached hydrogens (tertiary/aromatic N) is 5. The van der Waals surface area contributed by atoms with Crippen molar-refractivity contribution in [1.29, 1.82) is 0 Å². The number of hydrogen-bond donors (Lipinski definition) is 2. The molecule has 8 heteroatoms. The predicted octanol–water partition coefficient (Wildman–Crippen LogP) is 1.18. The van der Waals surface area contributed by atoms with Crippen LogP contribution >= 0.6 is 0 Å². The van der Waals surface area contributed by atoms with Crippen LogP contribution < -0.4 is 5.32 Å². The van der Waals surface area contributed by atoms with Crippen molar-refractivity contribution in [3.05, 3.63) is 42.2 Å². The van der Waals surface area contributed by atoms with Gasteiger partial charge in [-0.15, -0.1) is 0 Å². The van der Waals surface area contributed by atoms with E-state index in [0.717, 1.165) is 37.4 Å². The van der Waals surface area contributed by atoms with Crippen LogP contribution in [0.3, 0.4) is 0 Å². The van der Waals surface area contributed by atoms with E-state index in [9.17, 15) is 4.79 Å². The van der Waals surface area contributed by atoms with Gasteiger partial charge in [0.25, 0.3) is 0 Å². The van der Waals surface area contributed by atoms with Crippen molar-refractivity contribution in [3.63, 3.8) is 0 Å². The number of pyridine rings is 1. The molecule has 3 rings (SSSR count). The molecule has 2 aromatic rings. The molecule has 1 aliphatic heterocycles. The Labute approximate surface area is 141 Å². The van der Waals surface area contributed by atoms with E-state index >= 15 is 0 Å². The Morgan fingerprint density at radius 1 is 1.38 bits per heavy atom. The van der Waals surface area contributed by atoms with Crippen LogP contribution in [0.25, 0.3) is 0 Å². The summed E-state index contributed by atoms with van der Waals surface area (Å²) in [4.78, 5) is 24.9. The summed E-state index contributed by atoms with van der Waals surface area (Å²) in [5, 5.41) is 9.84. The van der Waals surface area contributed by atoms with E-state index in [1.165, 1.54) is 6.33 Å². The molecule has 0 aliphatic carbocycles. The minimum atomic E-state index is -0.00924. The number of carbonyl (C=O) groups is 1. The van der Waals surface area contributed by atoms with Gasteiger partial charge in [-0.3, -0.25) is 15.0 Å². The SMILES string of the molecule is CC[C@H](NC(=O)N1CCN(Cc2ncn[nH]2)CC1)c1cccnc1. The van der Waals surface area contributed by atoms with E-state index in [0.29, 0.717) is 13.1 Å². The molecule has 24 heavy (non-hydrogen) atoms. The van der Waals surface area contributed by atoms with Gasteiger partial charge < -0.3 is 10.2 Å². The number of piperazine rings is 1. The number of rotatable bonds is 5. The molecule has 2 aromatic heterocycles. The summed E-state index contributed by atoms with van der Waals surface area (Å²) < 4.78 is 0. The summed E-state index contributed by atoms with van der Waals surface area (Å²) >= 11 is 0. The number of H-pyrrole nitrogens is 1. The van der Waals surface area contributed by atoms with E-state index in [1.807, 2.05) is 23.2 Å². The zero-order valence-corrected chi connectivity index (χ0v) is 13.9. The van der Waals surface area contributed by atoms with Crippen LogP contribution in [0.15, 0.2) is 30.9 Å². The third-order valence-electron chi connectivity index (χ3n) is 4.29. The maximum absolute atomic E-state index is 12.5. The average molecular weight is 329 g/mol. The van der Waals surface area contributed by atoms with Gasteiger partial charge in [-0.25, -0.2) is 9.78 Å². The highest BCUT2D eigenvalue weighted by Gasteiger charge is 2.23. The molecule has 3 heterocycles. The molecular formula is C16H23N7O. The van der Waals surface area contributed by atoms with E-state index in [-0.39, 0.29) is 12.1 Å². The van der Waals surface area contributed by atoms with Crippen LogP contribution in [0.1, 0.15) is 30.8 Å². The van der Waals surface area contributed by atoms with Gasteiger partial charge in [0.15, 0.2) is 0 Å². The number of amides is 2. The topological polar surface area (TPSA) is 90.0 Å². The predicted molar refractivity (Wildman–Crippen MR) is 89.0 cm³/mol. The highest BCUT2D eigenvalue weighted by molar-refractivity contribution is 5.74. The largest absolute Gasteiger partial charge is 0.331 e. The number of carbonyl (C=O) groups excluding carboxylic acids is 1. The smallest absolute Gasteiger partial charge is 0.317 e. The fourth-order valence-corrected chi connectivity index (χ4v) is 2.87. The van der Waals surface area contributed by atoms with Crippen LogP contribution in [0.2, 0.25) is 0 Å². The van der Waals surface area contributed by atoms with E-state index < -0.39 is 0 Å². The molecule has 0 aromatic carbocycles. The molecule has 128 valence electrons. The molecular weight excluding hydrogens is 306 g/mol. The van der Waals surface area contributed by atoms with Crippen LogP contribution in [0.4, 0.5) is 4.79 Å². The highest BCUT2D eigenvalue weighted by atomic mass is 16.2. The minimum Gasteiger partial charge on any atom is -0.331 e. The first-order valence-corrected chi connectivity index (χ1v) is 8.28. The Kier molecular flexibility index (Phi) is 5.37. The summed E-state index contributed by atoms with van der Waals surface area (Å²) in [5.74, 6) is 0.857. The van der Waals surface area contributed by atoms with Crippen molar-refractivity contribution in [2.24, 2.45) is 0 Å². The average Bonchev–Trinajstić information content (AvgIpc) is 3.14. The van der Waals surface area contributed by atoms with Crippen molar-refractivity contribution >= 4 is 6.03 Å². The van der Waals surface area contributed by atoms with E-state index in [2.05, 4.69) is 37.3 Å². The maximum Gasteiger partial charge on any atom is 0.317 e. The zero-order valence-electron chi connectivity index (χ0n) is 13.9. The Balaban J connectivity index is 1.49. The van der Waals surface area contributed by atoms with Gasteiger partial charge in [0.05, 0.1) is 12.6 Å². The lowest BCUT2D eigenvalue weighted by molar-refractivity contribution is 0.131. The first kappa shape index (κ1) is 16.4. The first-order chi connectivity index (χ1) is 11.8. The summed E-state index contributed by atoms with van der Waals surface area (Å²) in [6.45, 7) is 5.89. The molecule has 0 saturated carbocycles.